The Morgan fingerprint density at radius 1 is 1.15 bits per heavy atom. The summed E-state index contributed by atoms with van der Waals surface area (Å²) in [7, 11) is -3.46. The Bertz CT molecular complexity index is 539. The first kappa shape index (κ1) is 15.5. The summed E-state index contributed by atoms with van der Waals surface area (Å²) in [6, 6.07) is 6.40. The van der Waals surface area contributed by atoms with E-state index in [9.17, 15) is 8.42 Å². The lowest BCUT2D eigenvalue weighted by molar-refractivity contribution is 0.242. The quantitative estimate of drug-likeness (QED) is 0.896. The standard InChI is InChI=1S/C15H23NO3S/c1-11-3-6-14(9-12(11)2)16-20(18,19)15-7-4-13(10-17)5-8-15/h4-5,7-8,11-12,14,16-17H,3,6,9-10H2,1-2H3. The molecule has 1 aromatic carbocycles. The van der Waals surface area contributed by atoms with Crippen LogP contribution in [0.4, 0.5) is 0 Å². The summed E-state index contributed by atoms with van der Waals surface area (Å²) >= 11 is 0. The first-order valence-corrected chi connectivity index (χ1v) is 8.63. The molecule has 0 aliphatic heterocycles. The number of hydrogen-bond donors (Lipinski definition) is 2. The minimum Gasteiger partial charge on any atom is -0.392 e. The van der Waals surface area contributed by atoms with E-state index in [4.69, 9.17) is 5.11 Å². The second-order valence-corrected chi connectivity index (χ2v) is 7.60. The lowest BCUT2D eigenvalue weighted by atomic mass is 9.79. The molecule has 20 heavy (non-hydrogen) atoms. The van der Waals surface area contributed by atoms with Gasteiger partial charge in [0, 0.05) is 6.04 Å². The molecule has 2 N–H and O–H groups in total. The lowest BCUT2D eigenvalue weighted by Gasteiger charge is -2.32. The molecule has 3 unspecified atom stereocenters. The van der Waals surface area contributed by atoms with Crippen molar-refractivity contribution in [2.45, 2.75) is 50.7 Å². The highest BCUT2D eigenvalue weighted by atomic mass is 32.2. The first-order valence-electron chi connectivity index (χ1n) is 7.14. The summed E-state index contributed by atoms with van der Waals surface area (Å²) in [6.45, 7) is 4.33. The number of aliphatic hydroxyl groups excluding tert-OH is 1. The zero-order chi connectivity index (χ0) is 14.8. The fourth-order valence-corrected chi connectivity index (χ4v) is 4.00. The molecule has 1 saturated carbocycles. The van der Waals surface area contributed by atoms with Crippen molar-refractivity contribution in [3.05, 3.63) is 29.8 Å². The molecule has 3 atom stereocenters. The molecule has 0 bridgehead atoms. The molecule has 1 fully saturated rings. The molecule has 5 heteroatoms. The van der Waals surface area contributed by atoms with E-state index in [1.807, 2.05) is 0 Å². The highest BCUT2D eigenvalue weighted by molar-refractivity contribution is 7.89. The van der Waals surface area contributed by atoms with Crippen molar-refractivity contribution in [1.29, 1.82) is 0 Å². The zero-order valence-electron chi connectivity index (χ0n) is 12.0. The highest BCUT2D eigenvalue weighted by Gasteiger charge is 2.28. The normalized spacial score (nSPS) is 27.4. The van der Waals surface area contributed by atoms with E-state index in [2.05, 4.69) is 18.6 Å². The largest absolute Gasteiger partial charge is 0.392 e. The third kappa shape index (κ3) is 3.59. The molecule has 0 spiro atoms. The average molecular weight is 297 g/mol. The van der Waals surface area contributed by atoms with Gasteiger partial charge in [0.05, 0.1) is 11.5 Å². The number of benzene rings is 1. The van der Waals surface area contributed by atoms with Gasteiger partial charge < -0.3 is 5.11 Å². The van der Waals surface area contributed by atoms with Gasteiger partial charge in [0.25, 0.3) is 0 Å². The fourth-order valence-electron chi connectivity index (χ4n) is 2.72. The van der Waals surface area contributed by atoms with Crippen LogP contribution >= 0.6 is 0 Å². The van der Waals surface area contributed by atoms with Gasteiger partial charge in [-0.25, -0.2) is 13.1 Å². The van der Waals surface area contributed by atoms with Crippen molar-refractivity contribution in [2.24, 2.45) is 11.8 Å². The van der Waals surface area contributed by atoms with E-state index in [-0.39, 0.29) is 17.5 Å². The van der Waals surface area contributed by atoms with Crippen LogP contribution in [0.1, 0.15) is 38.7 Å². The van der Waals surface area contributed by atoms with Crippen LogP contribution in [0.15, 0.2) is 29.2 Å². The molecule has 0 saturated heterocycles. The molecule has 0 heterocycles. The molecule has 1 aromatic rings. The monoisotopic (exact) mass is 297 g/mol. The maximum absolute atomic E-state index is 12.3. The number of rotatable bonds is 4. The predicted molar refractivity (Wildman–Crippen MR) is 78.7 cm³/mol. The van der Waals surface area contributed by atoms with E-state index in [0.29, 0.717) is 17.4 Å². The van der Waals surface area contributed by atoms with Gasteiger partial charge in [-0.2, -0.15) is 0 Å². The number of hydrogen-bond acceptors (Lipinski definition) is 3. The molecule has 1 aliphatic rings. The summed E-state index contributed by atoms with van der Waals surface area (Å²) < 4.78 is 27.4. The van der Waals surface area contributed by atoms with Gasteiger partial charge in [0.1, 0.15) is 0 Å². The van der Waals surface area contributed by atoms with Crippen LogP contribution in [0.3, 0.4) is 0 Å². The van der Waals surface area contributed by atoms with Gasteiger partial charge in [-0.1, -0.05) is 26.0 Å². The van der Waals surface area contributed by atoms with Crippen LogP contribution in [-0.2, 0) is 16.6 Å². The van der Waals surface area contributed by atoms with Gasteiger partial charge in [0.15, 0.2) is 0 Å². The van der Waals surface area contributed by atoms with Crippen molar-refractivity contribution in [2.75, 3.05) is 0 Å². The minimum absolute atomic E-state index is 0.0312. The topological polar surface area (TPSA) is 66.4 Å². The van der Waals surface area contributed by atoms with E-state index in [1.54, 1.807) is 24.3 Å². The molecular weight excluding hydrogens is 274 g/mol. The molecule has 1 aliphatic carbocycles. The van der Waals surface area contributed by atoms with Crippen molar-refractivity contribution < 1.29 is 13.5 Å². The Morgan fingerprint density at radius 2 is 1.80 bits per heavy atom. The Labute approximate surface area is 121 Å². The second kappa shape index (κ2) is 6.24. The summed E-state index contributed by atoms with van der Waals surface area (Å²) in [5.41, 5.74) is 0.712. The summed E-state index contributed by atoms with van der Waals surface area (Å²) in [4.78, 5) is 0.265. The zero-order valence-corrected chi connectivity index (χ0v) is 12.9. The first-order chi connectivity index (χ1) is 9.42. The van der Waals surface area contributed by atoms with Crippen LogP contribution in [0, 0.1) is 11.8 Å². The Hall–Kier alpha value is -0.910. The number of sulfonamides is 1. The van der Waals surface area contributed by atoms with Gasteiger partial charge in [-0.15, -0.1) is 0 Å². The minimum atomic E-state index is -3.46. The lowest BCUT2D eigenvalue weighted by Crippen LogP contribution is -2.39. The van der Waals surface area contributed by atoms with Gasteiger partial charge in [-0.05, 0) is 48.8 Å². The van der Waals surface area contributed by atoms with Crippen molar-refractivity contribution in [3.63, 3.8) is 0 Å². The third-order valence-electron chi connectivity index (χ3n) is 4.34. The SMILES string of the molecule is CC1CCC(NS(=O)(=O)c2ccc(CO)cc2)CC1C. The van der Waals surface area contributed by atoms with E-state index >= 15 is 0 Å². The highest BCUT2D eigenvalue weighted by Crippen LogP contribution is 2.30. The van der Waals surface area contributed by atoms with E-state index in [0.717, 1.165) is 19.3 Å². The van der Waals surface area contributed by atoms with Gasteiger partial charge in [0.2, 0.25) is 10.0 Å². The smallest absolute Gasteiger partial charge is 0.240 e. The molecular formula is C15H23NO3S. The van der Waals surface area contributed by atoms with Crippen LogP contribution in [0.2, 0.25) is 0 Å². The van der Waals surface area contributed by atoms with Crippen molar-refractivity contribution >= 4 is 10.0 Å². The van der Waals surface area contributed by atoms with Crippen LogP contribution in [0.25, 0.3) is 0 Å². The van der Waals surface area contributed by atoms with Crippen LogP contribution < -0.4 is 4.72 Å². The van der Waals surface area contributed by atoms with E-state index < -0.39 is 10.0 Å². The number of aliphatic hydroxyl groups is 1. The molecule has 0 aromatic heterocycles. The third-order valence-corrected chi connectivity index (χ3v) is 5.87. The van der Waals surface area contributed by atoms with Gasteiger partial charge in [-0.3, -0.25) is 0 Å². The summed E-state index contributed by atoms with van der Waals surface area (Å²) in [6.07, 6.45) is 2.87. The maximum Gasteiger partial charge on any atom is 0.240 e. The van der Waals surface area contributed by atoms with Crippen molar-refractivity contribution in [1.82, 2.24) is 4.72 Å². The van der Waals surface area contributed by atoms with Crippen LogP contribution in [0.5, 0.6) is 0 Å². The Morgan fingerprint density at radius 3 is 2.35 bits per heavy atom. The van der Waals surface area contributed by atoms with Gasteiger partial charge >= 0.3 is 0 Å². The predicted octanol–water partition coefficient (Wildman–Crippen LogP) is 2.28. The molecule has 0 amide bonds. The Kier molecular flexibility index (Phi) is 4.83. The summed E-state index contributed by atoms with van der Waals surface area (Å²) in [5.74, 6) is 1.22. The fraction of sp³-hybridized carbons (Fsp3) is 0.600. The van der Waals surface area contributed by atoms with Crippen molar-refractivity contribution in [3.8, 4) is 0 Å². The maximum atomic E-state index is 12.3. The summed E-state index contributed by atoms with van der Waals surface area (Å²) in [5, 5.41) is 8.98. The molecule has 2 rings (SSSR count). The molecule has 4 nitrogen and oxygen atoms in total. The second-order valence-electron chi connectivity index (χ2n) is 5.89. The van der Waals surface area contributed by atoms with E-state index in [1.165, 1.54) is 0 Å². The molecule has 0 radical (unpaired) electrons. The average Bonchev–Trinajstić information content (AvgIpc) is 2.43. The van der Waals surface area contributed by atoms with Crippen LogP contribution in [-0.4, -0.2) is 19.6 Å². The molecule has 112 valence electrons. The number of nitrogens with one attached hydrogen (secondary N) is 1. The Balaban J connectivity index is 2.07.